The number of nitrogens with one attached hydrogen (secondary N) is 2. The first-order chi connectivity index (χ1) is 16.7. The van der Waals surface area contributed by atoms with Crippen LogP contribution >= 0.6 is 0 Å². The van der Waals surface area contributed by atoms with Gasteiger partial charge in [-0.2, -0.15) is 4.98 Å². The van der Waals surface area contributed by atoms with Crippen molar-refractivity contribution in [1.82, 2.24) is 29.3 Å². The van der Waals surface area contributed by atoms with Gasteiger partial charge in [0.15, 0.2) is 11.5 Å². The second-order valence-corrected chi connectivity index (χ2v) is 8.96. The Morgan fingerprint density at radius 3 is 2.89 bits per heavy atom. The zero-order valence-corrected chi connectivity index (χ0v) is 19.6. The third-order valence-electron chi connectivity index (χ3n) is 5.80. The van der Waals surface area contributed by atoms with Gasteiger partial charge in [0.2, 0.25) is 5.95 Å². The number of allylic oxidation sites excluding steroid dienone is 1. The van der Waals surface area contributed by atoms with Gasteiger partial charge in [0.1, 0.15) is 16.8 Å². The molecule has 4 aromatic heterocycles. The maximum atomic E-state index is 13.1. The van der Waals surface area contributed by atoms with E-state index in [2.05, 4.69) is 37.1 Å². The quantitative estimate of drug-likeness (QED) is 0.309. The molecule has 5 N–H and O–H groups in total. The summed E-state index contributed by atoms with van der Waals surface area (Å²) in [6.07, 6.45) is 4.61. The second-order valence-electron chi connectivity index (χ2n) is 8.96. The van der Waals surface area contributed by atoms with Crippen LogP contribution in [0.15, 0.2) is 54.0 Å². The van der Waals surface area contributed by atoms with Gasteiger partial charge in [0.25, 0.3) is 5.56 Å². The molecule has 1 unspecified atom stereocenters. The van der Waals surface area contributed by atoms with Crippen molar-refractivity contribution in [3.63, 3.8) is 0 Å². The molecule has 0 saturated heterocycles. The lowest BCUT2D eigenvalue weighted by molar-refractivity contribution is 0.0738. The molecular formula is C24H27N9O2. The Balaban J connectivity index is 1.60. The van der Waals surface area contributed by atoms with Gasteiger partial charge in [-0.25, -0.2) is 24.3 Å². The highest BCUT2D eigenvalue weighted by Gasteiger charge is 2.22. The molecule has 11 nitrogen and oxygen atoms in total. The predicted octanol–water partition coefficient (Wildman–Crippen LogP) is 2.17. The Kier molecular flexibility index (Phi) is 5.58. The van der Waals surface area contributed by atoms with Gasteiger partial charge in [-0.1, -0.05) is 12.1 Å². The van der Waals surface area contributed by atoms with Gasteiger partial charge >= 0.3 is 0 Å². The van der Waals surface area contributed by atoms with Crippen molar-refractivity contribution in [2.24, 2.45) is 5.73 Å². The number of pyridine rings is 2. The normalized spacial score (nSPS) is 15.5. The highest BCUT2D eigenvalue weighted by atomic mass is 16.3. The fourth-order valence-electron chi connectivity index (χ4n) is 4.06. The number of hydrogen-bond donors (Lipinski definition) is 4. The molecule has 180 valence electrons. The van der Waals surface area contributed by atoms with Crippen molar-refractivity contribution in [1.29, 1.82) is 0 Å². The van der Waals surface area contributed by atoms with Crippen LogP contribution in [0.25, 0.3) is 16.9 Å². The van der Waals surface area contributed by atoms with E-state index in [-0.39, 0.29) is 24.2 Å². The monoisotopic (exact) mass is 473 g/mol. The lowest BCUT2D eigenvalue weighted by Gasteiger charge is -2.23. The van der Waals surface area contributed by atoms with Gasteiger partial charge in [-0.3, -0.25) is 4.79 Å². The second kappa shape index (κ2) is 8.60. The average Bonchev–Trinajstić information content (AvgIpc) is 3.10. The number of nitrogens with two attached hydrogens (primary N) is 1. The summed E-state index contributed by atoms with van der Waals surface area (Å²) in [6, 6.07) is 9.01. The molecule has 0 saturated carbocycles. The summed E-state index contributed by atoms with van der Waals surface area (Å²) in [7, 11) is 0. The minimum absolute atomic E-state index is 0.0753. The average molecular weight is 474 g/mol. The van der Waals surface area contributed by atoms with Crippen molar-refractivity contribution in [2.75, 3.05) is 10.6 Å². The number of anilines is 3. The number of aromatic nitrogens is 6. The van der Waals surface area contributed by atoms with Crippen molar-refractivity contribution in [2.45, 2.75) is 45.0 Å². The third kappa shape index (κ3) is 4.27. The molecule has 0 bridgehead atoms. The molecule has 1 aliphatic rings. The van der Waals surface area contributed by atoms with Crippen molar-refractivity contribution >= 4 is 28.5 Å². The number of rotatable bonds is 6. The number of fused-ring (bicyclic) bond motifs is 2. The van der Waals surface area contributed by atoms with Crippen LogP contribution in [0.1, 0.15) is 31.7 Å². The van der Waals surface area contributed by atoms with E-state index in [1.165, 1.54) is 10.9 Å². The molecule has 0 radical (unpaired) electrons. The van der Waals surface area contributed by atoms with Crippen LogP contribution in [0, 0.1) is 0 Å². The summed E-state index contributed by atoms with van der Waals surface area (Å²) in [5, 5.41) is 17.1. The van der Waals surface area contributed by atoms with Crippen LogP contribution in [0.2, 0.25) is 0 Å². The first-order valence-corrected chi connectivity index (χ1v) is 11.3. The van der Waals surface area contributed by atoms with E-state index in [4.69, 9.17) is 5.73 Å². The maximum Gasteiger partial charge on any atom is 0.278 e. The Morgan fingerprint density at radius 2 is 2.11 bits per heavy atom. The van der Waals surface area contributed by atoms with Crippen LogP contribution in [0.4, 0.5) is 17.5 Å². The van der Waals surface area contributed by atoms with Crippen molar-refractivity contribution < 1.29 is 5.11 Å². The van der Waals surface area contributed by atoms with Crippen LogP contribution in [0.5, 0.6) is 0 Å². The number of aliphatic hydroxyl groups is 1. The summed E-state index contributed by atoms with van der Waals surface area (Å²) in [5.74, 6) is 1.31. The third-order valence-corrected chi connectivity index (χ3v) is 5.80. The summed E-state index contributed by atoms with van der Waals surface area (Å²) in [4.78, 5) is 31.4. The lowest BCUT2D eigenvalue weighted by atomic mass is 10.1. The molecule has 0 aromatic carbocycles. The SMILES string of the molecule is C=CCn1c(=O)c2cnc(Nc3ccc4c(n3)CCC(N)N4)nc2n1-c1cccc(C(C)(C)O)n1. The smallest absolute Gasteiger partial charge is 0.278 e. The topological polar surface area (TPSA) is 149 Å². The van der Waals surface area contributed by atoms with Crippen molar-refractivity contribution in [3.8, 4) is 5.82 Å². The molecule has 11 heteroatoms. The summed E-state index contributed by atoms with van der Waals surface area (Å²) < 4.78 is 3.10. The predicted molar refractivity (Wildman–Crippen MR) is 134 cm³/mol. The van der Waals surface area contributed by atoms with Gasteiger partial charge in [-0.15, -0.1) is 6.58 Å². The summed E-state index contributed by atoms with van der Waals surface area (Å²) in [6.45, 7) is 7.32. The molecule has 35 heavy (non-hydrogen) atoms. The zero-order chi connectivity index (χ0) is 24.7. The molecule has 0 fully saturated rings. The molecule has 0 aliphatic carbocycles. The molecule has 1 atom stereocenters. The Morgan fingerprint density at radius 1 is 1.29 bits per heavy atom. The van der Waals surface area contributed by atoms with E-state index in [1.54, 1.807) is 42.8 Å². The Bertz CT molecular complexity index is 1480. The minimum Gasteiger partial charge on any atom is -0.384 e. The standard InChI is InChI=1S/C24H27N9O2/c1-4-12-32-22(34)14-13-26-23(30-19-11-9-15-16(28-19)8-10-18(25)27-15)31-21(14)33(32)20-7-5-6-17(29-20)24(2,3)35/h4-7,9,11,13,18,27,35H,1,8,10,12,25H2,2-3H3,(H,26,28,30,31). The van der Waals surface area contributed by atoms with E-state index >= 15 is 0 Å². The van der Waals surface area contributed by atoms with E-state index < -0.39 is 5.60 Å². The fourth-order valence-corrected chi connectivity index (χ4v) is 4.06. The van der Waals surface area contributed by atoms with Crippen LogP contribution in [-0.2, 0) is 18.6 Å². The van der Waals surface area contributed by atoms with E-state index in [0.717, 1.165) is 24.2 Å². The molecule has 0 amide bonds. The first-order valence-electron chi connectivity index (χ1n) is 11.3. The largest absolute Gasteiger partial charge is 0.384 e. The summed E-state index contributed by atoms with van der Waals surface area (Å²) in [5.41, 5.74) is 7.22. The van der Waals surface area contributed by atoms with Crippen LogP contribution in [0.3, 0.4) is 0 Å². The highest BCUT2D eigenvalue weighted by molar-refractivity contribution is 5.77. The Hall–Kier alpha value is -4.09. The minimum atomic E-state index is -1.15. The molecule has 5 rings (SSSR count). The fraction of sp³-hybridized carbons (Fsp3) is 0.292. The van der Waals surface area contributed by atoms with Crippen molar-refractivity contribution in [3.05, 3.63) is 70.9 Å². The van der Waals surface area contributed by atoms with Gasteiger partial charge in [-0.05, 0) is 51.0 Å². The first kappa shape index (κ1) is 22.7. The number of hydrogen-bond acceptors (Lipinski definition) is 9. The molecule has 5 heterocycles. The number of nitrogens with zero attached hydrogens (tertiary/aromatic N) is 6. The number of aryl methyl sites for hydroxylation is 1. The zero-order valence-electron chi connectivity index (χ0n) is 19.6. The Labute approximate surface area is 201 Å². The van der Waals surface area contributed by atoms with Crippen LogP contribution < -0.4 is 21.9 Å². The lowest BCUT2D eigenvalue weighted by Crippen LogP contribution is -2.33. The molecule has 4 aromatic rings. The van der Waals surface area contributed by atoms with E-state index in [1.807, 2.05) is 12.1 Å². The van der Waals surface area contributed by atoms with Gasteiger partial charge in [0, 0.05) is 6.20 Å². The molecular weight excluding hydrogens is 446 g/mol. The highest BCUT2D eigenvalue weighted by Crippen LogP contribution is 2.25. The van der Waals surface area contributed by atoms with E-state index in [9.17, 15) is 9.90 Å². The summed E-state index contributed by atoms with van der Waals surface area (Å²) >= 11 is 0. The van der Waals surface area contributed by atoms with Gasteiger partial charge in [0.05, 0.1) is 29.8 Å². The molecule has 0 spiro atoms. The van der Waals surface area contributed by atoms with E-state index in [0.29, 0.717) is 28.4 Å². The van der Waals surface area contributed by atoms with Gasteiger partial charge < -0.3 is 21.5 Å². The maximum absolute atomic E-state index is 13.1. The molecule has 1 aliphatic heterocycles. The van der Waals surface area contributed by atoms with Crippen LogP contribution in [-0.4, -0.2) is 40.6 Å².